The summed E-state index contributed by atoms with van der Waals surface area (Å²) in [6.07, 6.45) is 0. The molecule has 0 unspecified atom stereocenters. The summed E-state index contributed by atoms with van der Waals surface area (Å²) < 4.78 is 5.22. The summed E-state index contributed by atoms with van der Waals surface area (Å²) in [6, 6.07) is 8.21. The summed E-state index contributed by atoms with van der Waals surface area (Å²) in [7, 11) is 1.67. The largest absolute Gasteiger partial charge is 0.497 e. The maximum atomic E-state index is 9.83. The molecule has 1 N–H and O–H groups in total. The molecule has 2 rings (SSSR count). The molecular weight excluding hydrogens is 308 g/mol. The number of aliphatic hydroxyl groups is 1. The molecule has 1 aromatic heterocycles. The number of aromatic nitrogens is 1. The first-order chi connectivity index (χ1) is 11.0. The number of hydrogen-bond acceptors (Lipinski definition) is 5. The van der Waals surface area contributed by atoms with Crippen LogP contribution in [0.25, 0.3) is 0 Å². The molecule has 0 aliphatic rings. The quantitative estimate of drug-likeness (QED) is 0.803. The highest BCUT2D eigenvalue weighted by atomic mass is 32.1. The number of ether oxygens (including phenoxy) is 1. The van der Waals surface area contributed by atoms with Crippen LogP contribution >= 0.6 is 11.3 Å². The van der Waals surface area contributed by atoms with Crippen LogP contribution in [-0.2, 0) is 13.1 Å². The van der Waals surface area contributed by atoms with E-state index < -0.39 is 0 Å². The van der Waals surface area contributed by atoms with Gasteiger partial charge in [-0.2, -0.15) is 0 Å². The molecule has 1 aromatic carbocycles. The predicted molar refractivity (Wildman–Crippen MR) is 94.8 cm³/mol. The average Bonchev–Trinajstić information content (AvgIpc) is 2.93. The molecule has 0 saturated heterocycles. The zero-order valence-corrected chi connectivity index (χ0v) is 15.1. The van der Waals surface area contributed by atoms with E-state index in [1.165, 1.54) is 5.56 Å². The molecule has 0 amide bonds. The van der Waals surface area contributed by atoms with Gasteiger partial charge in [-0.15, -0.1) is 11.3 Å². The van der Waals surface area contributed by atoms with Crippen molar-refractivity contribution in [3.05, 3.63) is 45.9 Å². The second kappa shape index (κ2) is 8.43. The van der Waals surface area contributed by atoms with E-state index >= 15 is 0 Å². The van der Waals surface area contributed by atoms with Gasteiger partial charge in [0.15, 0.2) is 0 Å². The first-order valence-corrected chi connectivity index (χ1v) is 8.80. The molecule has 0 fully saturated rings. The smallest absolute Gasteiger partial charge is 0.118 e. The van der Waals surface area contributed by atoms with Crippen LogP contribution in [0, 0.1) is 12.8 Å². The predicted octanol–water partition coefficient (Wildman–Crippen LogP) is 3.48. The van der Waals surface area contributed by atoms with Gasteiger partial charge in [-0.1, -0.05) is 26.0 Å². The molecule has 0 radical (unpaired) electrons. The molecule has 1 atom stereocenters. The Balaban J connectivity index is 2.17. The maximum absolute atomic E-state index is 9.83. The lowest BCUT2D eigenvalue weighted by atomic mass is 10.0. The maximum Gasteiger partial charge on any atom is 0.118 e. The lowest BCUT2D eigenvalue weighted by Crippen LogP contribution is -2.40. The van der Waals surface area contributed by atoms with Crippen LogP contribution in [0.3, 0.4) is 0 Å². The molecule has 126 valence electrons. The Kier molecular flexibility index (Phi) is 6.57. The molecule has 5 heteroatoms. The third-order valence-electron chi connectivity index (χ3n) is 4.00. The van der Waals surface area contributed by atoms with Crippen LogP contribution in [-0.4, -0.2) is 34.7 Å². The van der Waals surface area contributed by atoms with Crippen molar-refractivity contribution in [2.45, 2.75) is 39.9 Å². The Morgan fingerprint density at radius 3 is 2.39 bits per heavy atom. The van der Waals surface area contributed by atoms with E-state index in [-0.39, 0.29) is 12.6 Å². The number of rotatable bonds is 8. The van der Waals surface area contributed by atoms with E-state index in [1.807, 2.05) is 19.1 Å². The standard InChI is InChI=1S/C18H26N2O2S/c1-13(2)18(11-21)20(10-16-12-23-14(3)19-16)9-15-5-7-17(22-4)8-6-15/h5-8,12-13,18,21H,9-11H2,1-4H3/t18-/m1/s1. The summed E-state index contributed by atoms with van der Waals surface area (Å²) in [5.41, 5.74) is 2.27. The summed E-state index contributed by atoms with van der Waals surface area (Å²) in [5, 5.41) is 13.0. The summed E-state index contributed by atoms with van der Waals surface area (Å²) in [4.78, 5) is 6.88. The SMILES string of the molecule is COc1ccc(CN(Cc2csc(C)n2)[C@H](CO)C(C)C)cc1. The van der Waals surface area contributed by atoms with Gasteiger partial charge in [-0.05, 0) is 30.5 Å². The Morgan fingerprint density at radius 2 is 1.91 bits per heavy atom. The van der Waals surface area contributed by atoms with E-state index in [2.05, 4.69) is 41.2 Å². The minimum Gasteiger partial charge on any atom is -0.497 e. The molecule has 0 aliphatic heterocycles. The highest BCUT2D eigenvalue weighted by Gasteiger charge is 2.22. The van der Waals surface area contributed by atoms with Gasteiger partial charge in [0.1, 0.15) is 5.75 Å². The molecule has 0 aliphatic carbocycles. The zero-order valence-electron chi connectivity index (χ0n) is 14.3. The molecule has 0 bridgehead atoms. The molecule has 0 spiro atoms. The fourth-order valence-electron chi connectivity index (χ4n) is 2.69. The third kappa shape index (κ3) is 5.03. The van der Waals surface area contributed by atoms with Crippen molar-refractivity contribution in [2.24, 2.45) is 5.92 Å². The average molecular weight is 334 g/mol. The van der Waals surface area contributed by atoms with Crippen molar-refractivity contribution in [3.63, 3.8) is 0 Å². The van der Waals surface area contributed by atoms with Crippen molar-refractivity contribution >= 4 is 11.3 Å². The second-order valence-corrected chi connectivity index (χ2v) is 7.17. The molecule has 4 nitrogen and oxygen atoms in total. The van der Waals surface area contributed by atoms with Crippen LogP contribution in [0.5, 0.6) is 5.75 Å². The minimum absolute atomic E-state index is 0.110. The van der Waals surface area contributed by atoms with Crippen LogP contribution in [0.4, 0.5) is 0 Å². The number of aryl methyl sites for hydroxylation is 1. The normalized spacial score (nSPS) is 12.8. The van der Waals surface area contributed by atoms with Gasteiger partial charge < -0.3 is 9.84 Å². The van der Waals surface area contributed by atoms with Crippen molar-refractivity contribution in [1.29, 1.82) is 0 Å². The third-order valence-corrected chi connectivity index (χ3v) is 4.82. The van der Waals surface area contributed by atoms with Gasteiger partial charge in [0.25, 0.3) is 0 Å². The van der Waals surface area contributed by atoms with Crippen molar-refractivity contribution in [3.8, 4) is 5.75 Å². The topological polar surface area (TPSA) is 45.6 Å². The van der Waals surface area contributed by atoms with E-state index in [4.69, 9.17) is 4.74 Å². The van der Waals surface area contributed by atoms with Crippen LogP contribution in [0.2, 0.25) is 0 Å². The lowest BCUT2D eigenvalue weighted by molar-refractivity contribution is 0.0775. The van der Waals surface area contributed by atoms with Gasteiger partial charge in [0.05, 0.1) is 24.4 Å². The lowest BCUT2D eigenvalue weighted by Gasteiger charge is -2.32. The van der Waals surface area contributed by atoms with Gasteiger partial charge >= 0.3 is 0 Å². The number of aliphatic hydroxyl groups excluding tert-OH is 1. The van der Waals surface area contributed by atoms with Crippen LogP contribution in [0.15, 0.2) is 29.6 Å². The van der Waals surface area contributed by atoms with Gasteiger partial charge in [-0.25, -0.2) is 4.98 Å². The summed E-state index contributed by atoms with van der Waals surface area (Å²) in [5.74, 6) is 1.23. The Bertz CT molecular complexity index is 595. The zero-order chi connectivity index (χ0) is 16.8. The van der Waals surface area contributed by atoms with E-state index in [1.54, 1.807) is 18.4 Å². The number of benzene rings is 1. The molecule has 2 aromatic rings. The minimum atomic E-state index is 0.110. The fourth-order valence-corrected chi connectivity index (χ4v) is 3.30. The Morgan fingerprint density at radius 1 is 1.22 bits per heavy atom. The number of hydrogen-bond donors (Lipinski definition) is 1. The number of thiazole rings is 1. The molecular formula is C18H26N2O2S. The second-order valence-electron chi connectivity index (χ2n) is 6.10. The summed E-state index contributed by atoms with van der Waals surface area (Å²) in [6.45, 7) is 8.00. The van der Waals surface area contributed by atoms with E-state index in [0.717, 1.165) is 29.5 Å². The highest BCUT2D eigenvalue weighted by Crippen LogP contribution is 2.20. The van der Waals surface area contributed by atoms with Gasteiger partial charge in [-0.3, -0.25) is 4.90 Å². The monoisotopic (exact) mass is 334 g/mol. The van der Waals surface area contributed by atoms with Crippen molar-refractivity contribution in [1.82, 2.24) is 9.88 Å². The first kappa shape index (κ1) is 17.9. The van der Waals surface area contributed by atoms with Crippen molar-refractivity contribution in [2.75, 3.05) is 13.7 Å². The Labute approximate surface area is 142 Å². The molecule has 0 saturated carbocycles. The number of nitrogens with zero attached hydrogens (tertiary/aromatic N) is 2. The highest BCUT2D eigenvalue weighted by molar-refractivity contribution is 7.09. The van der Waals surface area contributed by atoms with E-state index in [9.17, 15) is 5.11 Å². The van der Waals surface area contributed by atoms with E-state index in [0.29, 0.717) is 5.92 Å². The summed E-state index contributed by atoms with van der Waals surface area (Å²) >= 11 is 1.67. The van der Waals surface area contributed by atoms with Crippen LogP contribution < -0.4 is 4.74 Å². The first-order valence-electron chi connectivity index (χ1n) is 7.92. The number of methoxy groups -OCH3 is 1. The van der Waals surface area contributed by atoms with Crippen LogP contribution in [0.1, 0.15) is 30.1 Å². The van der Waals surface area contributed by atoms with Gasteiger partial charge in [0.2, 0.25) is 0 Å². The van der Waals surface area contributed by atoms with Crippen molar-refractivity contribution < 1.29 is 9.84 Å². The molecule has 23 heavy (non-hydrogen) atoms. The molecule has 1 heterocycles. The Hall–Kier alpha value is -1.43. The van der Waals surface area contributed by atoms with Gasteiger partial charge in [0, 0.05) is 24.5 Å². The fraction of sp³-hybridized carbons (Fsp3) is 0.500.